The van der Waals surface area contributed by atoms with E-state index >= 15 is 0 Å². The normalized spacial score (nSPS) is 13.0. The van der Waals surface area contributed by atoms with Gasteiger partial charge in [-0.3, -0.25) is 9.52 Å². The van der Waals surface area contributed by atoms with Crippen LogP contribution in [-0.2, 0) is 24.3 Å². The molecule has 0 bridgehead atoms. The van der Waals surface area contributed by atoms with Crippen molar-refractivity contribution in [1.29, 1.82) is 0 Å². The molecule has 3 rings (SSSR count). The van der Waals surface area contributed by atoms with Crippen LogP contribution in [0.25, 0.3) is 22.2 Å². The molecule has 1 amide bonds. The molecule has 0 spiro atoms. The molecular formula is C21H21F3N4O5S. The second kappa shape index (κ2) is 9.33. The zero-order chi connectivity index (χ0) is 25.3. The van der Waals surface area contributed by atoms with E-state index < -0.39 is 40.2 Å². The highest BCUT2D eigenvalue weighted by atomic mass is 32.2. The summed E-state index contributed by atoms with van der Waals surface area (Å²) in [6.07, 6.45) is -4.70. The van der Waals surface area contributed by atoms with Gasteiger partial charge in [0.25, 0.3) is 5.91 Å². The molecule has 1 atom stereocenters. The third-order valence-corrected chi connectivity index (χ3v) is 5.07. The first-order chi connectivity index (χ1) is 15.7. The first-order valence-electron chi connectivity index (χ1n) is 9.88. The SMILES string of the molecule is CC(C)NC(=O)C(OC(=O)C(F)(F)F)c1cc2c(-c3ccc(NS(C)(=O)=O)cc3)ccnc2[nH]1. The standard InChI is InChI=1S/C21H21F3N4O5S/c1-11(2)26-19(29)17(33-20(30)21(22,23)24)16-10-15-14(8-9-25-18(15)27-16)12-4-6-13(7-5-12)28-34(3,31)32/h4-11,17,28H,1-3H3,(H,25,27)(H,26,29). The van der Waals surface area contributed by atoms with Gasteiger partial charge in [0.05, 0.1) is 11.9 Å². The Labute approximate surface area is 192 Å². The summed E-state index contributed by atoms with van der Waals surface area (Å²) in [7, 11) is -3.46. The van der Waals surface area contributed by atoms with Crippen LogP contribution in [0.2, 0.25) is 0 Å². The number of H-pyrrole nitrogens is 1. The van der Waals surface area contributed by atoms with E-state index in [0.717, 1.165) is 6.26 Å². The van der Waals surface area contributed by atoms with Crippen LogP contribution in [0.15, 0.2) is 42.6 Å². The van der Waals surface area contributed by atoms with Crippen LogP contribution in [0.3, 0.4) is 0 Å². The smallest absolute Gasteiger partial charge is 0.439 e. The molecule has 2 heterocycles. The molecule has 0 radical (unpaired) electrons. The summed E-state index contributed by atoms with van der Waals surface area (Å²) in [4.78, 5) is 30.9. The predicted octanol–water partition coefficient (Wildman–Crippen LogP) is 3.27. The lowest BCUT2D eigenvalue weighted by Gasteiger charge is -2.18. The van der Waals surface area contributed by atoms with Gasteiger partial charge in [0, 0.05) is 23.3 Å². The second-order valence-corrected chi connectivity index (χ2v) is 9.49. The van der Waals surface area contributed by atoms with Crippen molar-refractivity contribution in [3.63, 3.8) is 0 Å². The largest absolute Gasteiger partial charge is 0.490 e. The summed E-state index contributed by atoms with van der Waals surface area (Å²) in [6, 6.07) is 8.97. The number of hydrogen-bond donors (Lipinski definition) is 3. The van der Waals surface area contributed by atoms with Crippen LogP contribution >= 0.6 is 0 Å². The fraction of sp³-hybridized carbons (Fsp3) is 0.286. The van der Waals surface area contributed by atoms with E-state index in [0.29, 0.717) is 22.2 Å². The fourth-order valence-electron chi connectivity index (χ4n) is 3.16. The van der Waals surface area contributed by atoms with Crippen molar-refractivity contribution >= 4 is 38.6 Å². The Morgan fingerprint density at radius 1 is 1.12 bits per heavy atom. The van der Waals surface area contributed by atoms with E-state index in [4.69, 9.17) is 0 Å². The monoisotopic (exact) mass is 498 g/mol. The van der Waals surface area contributed by atoms with Gasteiger partial charge in [-0.15, -0.1) is 0 Å². The fourth-order valence-corrected chi connectivity index (χ4v) is 3.73. The Morgan fingerprint density at radius 3 is 2.32 bits per heavy atom. The van der Waals surface area contributed by atoms with E-state index in [1.165, 1.54) is 12.3 Å². The molecule has 182 valence electrons. The highest BCUT2D eigenvalue weighted by molar-refractivity contribution is 7.92. The Kier molecular flexibility index (Phi) is 6.87. The van der Waals surface area contributed by atoms with E-state index in [9.17, 15) is 31.2 Å². The second-order valence-electron chi connectivity index (χ2n) is 7.74. The number of anilines is 1. The van der Waals surface area contributed by atoms with Crippen LogP contribution in [0.5, 0.6) is 0 Å². The maximum absolute atomic E-state index is 12.8. The number of fused-ring (bicyclic) bond motifs is 1. The molecule has 0 aliphatic carbocycles. The minimum absolute atomic E-state index is 0.0962. The number of amides is 1. The molecule has 9 nitrogen and oxygen atoms in total. The number of rotatable bonds is 7. The van der Waals surface area contributed by atoms with Gasteiger partial charge in [-0.2, -0.15) is 13.2 Å². The average molecular weight is 498 g/mol. The zero-order valence-corrected chi connectivity index (χ0v) is 19.0. The van der Waals surface area contributed by atoms with Crippen LogP contribution in [0.4, 0.5) is 18.9 Å². The van der Waals surface area contributed by atoms with Crippen molar-refractivity contribution in [1.82, 2.24) is 15.3 Å². The van der Waals surface area contributed by atoms with E-state index in [-0.39, 0.29) is 11.3 Å². The van der Waals surface area contributed by atoms with Gasteiger partial charge in [0.1, 0.15) is 5.65 Å². The highest BCUT2D eigenvalue weighted by Crippen LogP contribution is 2.32. The summed E-state index contributed by atoms with van der Waals surface area (Å²) in [5.41, 5.74) is 1.74. The zero-order valence-electron chi connectivity index (χ0n) is 18.2. The third kappa shape index (κ3) is 6.04. The topological polar surface area (TPSA) is 130 Å². The van der Waals surface area contributed by atoms with Gasteiger partial charge in [0.2, 0.25) is 16.1 Å². The molecule has 0 saturated carbocycles. The van der Waals surface area contributed by atoms with E-state index in [1.54, 1.807) is 44.2 Å². The average Bonchev–Trinajstić information content (AvgIpc) is 3.13. The highest BCUT2D eigenvalue weighted by Gasteiger charge is 2.44. The summed E-state index contributed by atoms with van der Waals surface area (Å²) in [5, 5.41) is 2.88. The summed E-state index contributed by atoms with van der Waals surface area (Å²) in [5.74, 6) is -3.44. The Hall–Kier alpha value is -3.61. The molecule has 3 aromatic rings. The number of benzene rings is 1. The summed E-state index contributed by atoms with van der Waals surface area (Å²) < 4.78 is 68.0. The van der Waals surface area contributed by atoms with Crippen molar-refractivity contribution in [3.05, 3.63) is 48.3 Å². The van der Waals surface area contributed by atoms with Crippen molar-refractivity contribution in [3.8, 4) is 11.1 Å². The van der Waals surface area contributed by atoms with Gasteiger partial charge in [-0.1, -0.05) is 12.1 Å². The molecule has 1 unspecified atom stereocenters. The van der Waals surface area contributed by atoms with Crippen LogP contribution in [-0.4, -0.2) is 48.7 Å². The first kappa shape index (κ1) is 25.0. The van der Waals surface area contributed by atoms with Gasteiger partial charge in [-0.25, -0.2) is 18.2 Å². The van der Waals surface area contributed by atoms with Gasteiger partial charge >= 0.3 is 12.1 Å². The van der Waals surface area contributed by atoms with Crippen molar-refractivity contribution in [2.75, 3.05) is 11.0 Å². The maximum Gasteiger partial charge on any atom is 0.490 e. The summed E-state index contributed by atoms with van der Waals surface area (Å²) in [6.45, 7) is 3.21. The maximum atomic E-state index is 12.8. The number of nitrogens with one attached hydrogen (secondary N) is 3. The molecule has 0 aliphatic heterocycles. The van der Waals surface area contributed by atoms with E-state index in [1.807, 2.05) is 0 Å². The third-order valence-electron chi connectivity index (χ3n) is 4.46. The number of hydrogen-bond acceptors (Lipinski definition) is 6. The van der Waals surface area contributed by atoms with Crippen LogP contribution in [0, 0.1) is 0 Å². The lowest BCUT2D eigenvalue weighted by atomic mass is 10.0. The Bertz CT molecular complexity index is 1320. The number of carbonyl (C=O) groups excluding carboxylic acids is 2. The minimum Gasteiger partial charge on any atom is -0.439 e. The lowest BCUT2D eigenvalue weighted by Crippen LogP contribution is -2.38. The number of esters is 1. The number of sulfonamides is 1. The number of ether oxygens (including phenoxy) is 1. The van der Waals surface area contributed by atoms with Crippen LogP contribution in [0.1, 0.15) is 25.6 Å². The molecule has 2 aromatic heterocycles. The first-order valence-corrected chi connectivity index (χ1v) is 11.8. The van der Waals surface area contributed by atoms with E-state index in [2.05, 4.69) is 24.7 Å². The number of nitrogens with zero attached hydrogens (tertiary/aromatic N) is 1. The predicted molar refractivity (Wildman–Crippen MR) is 118 cm³/mol. The number of aromatic amines is 1. The van der Waals surface area contributed by atoms with Gasteiger partial charge < -0.3 is 15.0 Å². The molecule has 1 aromatic carbocycles. The Morgan fingerprint density at radius 2 is 1.76 bits per heavy atom. The molecule has 0 aliphatic rings. The molecule has 13 heteroatoms. The van der Waals surface area contributed by atoms with Gasteiger partial charge in [-0.05, 0) is 49.2 Å². The number of pyridine rings is 1. The number of aromatic nitrogens is 2. The molecule has 34 heavy (non-hydrogen) atoms. The molecule has 0 fully saturated rings. The lowest BCUT2D eigenvalue weighted by molar-refractivity contribution is -0.206. The Balaban J connectivity index is 2.02. The minimum atomic E-state index is -5.28. The molecule has 0 saturated heterocycles. The number of carbonyl (C=O) groups is 2. The van der Waals surface area contributed by atoms with Crippen molar-refractivity contribution in [2.45, 2.75) is 32.2 Å². The number of alkyl halides is 3. The van der Waals surface area contributed by atoms with Crippen LogP contribution < -0.4 is 10.0 Å². The quantitative estimate of drug-likeness (QED) is 0.429. The molecular weight excluding hydrogens is 477 g/mol. The molecule has 3 N–H and O–H groups in total. The van der Waals surface area contributed by atoms with Crippen molar-refractivity contribution < 1.29 is 35.9 Å². The number of halogens is 3. The van der Waals surface area contributed by atoms with Gasteiger partial charge in [0.15, 0.2) is 0 Å². The summed E-state index contributed by atoms with van der Waals surface area (Å²) >= 11 is 0. The van der Waals surface area contributed by atoms with Crippen molar-refractivity contribution in [2.24, 2.45) is 0 Å².